The highest BCUT2D eigenvalue weighted by Gasteiger charge is 2.36. The average Bonchev–Trinajstić information content (AvgIpc) is 2.81. The van der Waals surface area contributed by atoms with Crippen LogP contribution in [0.15, 0.2) is 72.8 Å². The van der Waals surface area contributed by atoms with Crippen molar-refractivity contribution in [3.63, 3.8) is 0 Å². The molecule has 3 rings (SSSR count). The van der Waals surface area contributed by atoms with Crippen LogP contribution in [0.2, 0.25) is 0 Å². The molecule has 0 amide bonds. The minimum Gasteiger partial charge on any atom is -0.486 e. The molecule has 0 aliphatic heterocycles. The van der Waals surface area contributed by atoms with E-state index in [1.54, 1.807) is 11.9 Å². The zero-order valence-electron chi connectivity index (χ0n) is 19.5. The highest BCUT2D eigenvalue weighted by Crippen LogP contribution is 2.38. The van der Waals surface area contributed by atoms with E-state index in [-0.39, 0.29) is 12.3 Å². The minimum atomic E-state index is -5.02. The van der Waals surface area contributed by atoms with Crippen LogP contribution in [0.1, 0.15) is 29.2 Å². The lowest BCUT2D eigenvalue weighted by Crippen LogP contribution is -2.28. The third-order valence-electron chi connectivity index (χ3n) is 5.35. The molecule has 0 saturated carbocycles. The smallest absolute Gasteiger partial charge is 0.486 e. The lowest BCUT2D eigenvalue weighted by Gasteiger charge is -2.23. The monoisotopic (exact) mass is 527 g/mol. The highest BCUT2D eigenvalue weighted by atomic mass is 19.4. The van der Waals surface area contributed by atoms with Crippen LogP contribution in [-0.4, -0.2) is 42.5 Å². The van der Waals surface area contributed by atoms with Crippen molar-refractivity contribution in [1.82, 2.24) is 4.90 Å². The van der Waals surface area contributed by atoms with Crippen molar-refractivity contribution in [1.29, 1.82) is 0 Å². The molecule has 11 heteroatoms. The van der Waals surface area contributed by atoms with Gasteiger partial charge in [-0.05, 0) is 61.1 Å². The van der Waals surface area contributed by atoms with Crippen LogP contribution < -0.4 is 9.47 Å². The van der Waals surface area contributed by atoms with Gasteiger partial charge in [-0.25, -0.2) is 4.39 Å². The average molecular weight is 527 g/mol. The number of likely N-dealkylation sites (N-methyl/N-ethyl adjacent to an activating group) is 1. The molecule has 3 aromatic rings. The molecular weight excluding hydrogens is 504 g/mol. The zero-order valence-corrected chi connectivity index (χ0v) is 19.5. The lowest BCUT2D eigenvalue weighted by atomic mass is 10.00. The van der Waals surface area contributed by atoms with Crippen LogP contribution in [-0.2, 0) is 10.7 Å². The first-order valence-electron chi connectivity index (χ1n) is 11.0. The van der Waals surface area contributed by atoms with Gasteiger partial charge in [0.15, 0.2) is 0 Å². The number of carboxylic acid groups (broad SMARTS) is 1. The van der Waals surface area contributed by atoms with Crippen molar-refractivity contribution in [3.05, 3.63) is 95.3 Å². The fraction of sp³-hybridized carbons (Fsp3) is 0.269. The van der Waals surface area contributed by atoms with Crippen LogP contribution in [0.4, 0.5) is 26.3 Å². The van der Waals surface area contributed by atoms with Gasteiger partial charge in [-0.2, -0.15) is 8.78 Å². The fourth-order valence-corrected chi connectivity index (χ4v) is 3.58. The molecule has 0 radical (unpaired) electrons. The summed E-state index contributed by atoms with van der Waals surface area (Å²) in [5.41, 5.74) is -0.571. The first-order valence-corrected chi connectivity index (χ1v) is 11.0. The minimum absolute atomic E-state index is 0.199. The third kappa shape index (κ3) is 8.14. The number of alkyl halides is 5. The Bertz CT molecular complexity index is 1180. The molecule has 0 heterocycles. The largest absolute Gasteiger partial charge is 0.573 e. The summed E-state index contributed by atoms with van der Waals surface area (Å²) >= 11 is 0. The topological polar surface area (TPSA) is 59.0 Å². The second-order valence-corrected chi connectivity index (χ2v) is 8.25. The van der Waals surface area contributed by atoms with Crippen molar-refractivity contribution < 1.29 is 45.7 Å². The number of ether oxygens (including phenoxy) is 2. The van der Waals surface area contributed by atoms with Crippen molar-refractivity contribution in [2.45, 2.75) is 24.8 Å². The zero-order chi connectivity index (χ0) is 27.2. The Labute approximate surface area is 208 Å². The van der Waals surface area contributed by atoms with E-state index < -0.39 is 47.1 Å². The Balaban J connectivity index is 1.78. The van der Waals surface area contributed by atoms with Crippen molar-refractivity contribution in [2.75, 3.05) is 20.1 Å². The predicted octanol–water partition coefficient (Wildman–Crippen LogP) is 6.39. The van der Waals surface area contributed by atoms with E-state index in [9.17, 15) is 22.4 Å². The summed E-state index contributed by atoms with van der Waals surface area (Å²) in [6.45, 7) is 0.121. The molecule has 37 heavy (non-hydrogen) atoms. The van der Waals surface area contributed by atoms with E-state index in [0.717, 1.165) is 30.3 Å². The molecule has 1 atom stereocenters. The molecule has 0 aromatic heterocycles. The van der Waals surface area contributed by atoms with E-state index in [4.69, 9.17) is 9.84 Å². The van der Waals surface area contributed by atoms with Gasteiger partial charge in [0.2, 0.25) is 0 Å². The summed E-state index contributed by atoms with van der Waals surface area (Å²) in [5.74, 6) is -5.64. The number of benzene rings is 3. The molecule has 1 unspecified atom stereocenters. The van der Waals surface area contributed by atoms with Crippen molar-refractivity contribution in [3.8, 4) is 11.5 Å². The van der Waals surface area contributed by atoms with Gasteiger partial charge in [0.1, 0.15) is 23.4 Å². The van der Waals surface area contributed by atoms with Gasteiger partial charge in [-0.1, -0.05) is 24.3 Å². The van der Waals surface area contributed by atoms with E-state index >= 15 is 8.78 Å². The molecule has 5 nitrogen and oxygen atoms in total. The van der Waals surface area contributed by atoms with Gasteiger partial charge in [-0.15, -0.1) is 13.2 Å². The highest BCUT2D eigenvalue weighted by molar-refractivity contribution is 5.69. The van der Waals surface area contributed by atoms with Crippen LogP contribution >= 0.6 is 0 Å². The number of aliphatic carboxylic acids is 1. The Hall–Kier alpha value is -3.73. The molecule has 0 aliphatic carbocycles. The van der Waals surface area contributed by atoms with Gasteiger partial charge in [0.05, 0.1) is 6.54 Å². The summed E-state index contributed by atoms with van der Waals surface area (Å²) in [4.78, 5) is 12.5. The van der Waals surface area contributed by atoms with Crippen molar-refractivity contribution >= 4 is 5.97 Å². The molecule has 0 bridgehead atoms. The van der Waals surface area contributed by atoms with Crippen LogP contribution in [0.3, 0.4) is 0 Å². The SMILES string of the molecule is CN(CCC(Oc1ccc(C(F)(F)c2cccc(OC(F)(F)F)c2)cc1)c1ccc(F)cc1)CC(=O)O. The molecule has 0 spiro atoms. The quantitative estimate of drug-likeness (QED) is 0.293. The summed E-state index contributed by atoms with van der Waals surface area (Å²) in [6, 6.07) is 13.8. The Morgan fingerprint density at radius 3 is 2.16 bits per heavy atom. The maximum absolute atomic E-state index is 15.0. The first kappa shape index (κ1) is 27.9. The second-order valence-electron chi connectivity index (χ2n) is 8.25. The van der Waals surface area contributed by atoms with Crippen LogP contribution in [0, 0.1) is 5.82 Å². The molecular formula is C26H23F6NO4. The summed E-state index contributed by atoms with van der Waals surface area (Å²) in [5, 5.41) is 8.94. The number of nitrogens with zero attached hydrogens (tertiary/aromatic N) is 1. The van der Waals surface area contributed by atoms with Crippen LogP contribution in [0.25, 0.3) is 0 Å². The normalized spacial score (nSPS) is 12.9. The summed E-state index contributed by atoms with van der Waals surface area (Å²) < 4.78 is 90.6. The summed E-state index contributed by atoms with van der Waals surface area (Å²) in [7, 11) is 1.61. The van der Waals surface area contributed by atoms with E-state index in [1.807, 2.05) is 0 Å². The van der Waals surface area contributed by atoms with Gasteiger partial charge in [-0.3, -0.25) is 9.69 Å². The first-order chi connectivity index (χ1) is 17.3. The predicted molar refractivity (Wildman–Crippen MR) is 122 cm³/mol. The van der Waals surface area contributed by atoms with Gasteiger partial charge < -0.3 is 14.6 Å². The van der Waals surface area contributed by atoms with E-state index in [0.29, 0.717) is 24.6 Å². The Morgan fingerprint density at radius 2 is 1.57 bits per heavy atom. The maximum Gasteiger partial charge on any atom is 0.573 e. The van der Waals surface area contributed by atoms with Gasteiger partial charge >= 0.3 is 12.3 Å². The molecule has 0 saturated heterocycles. The molecule has 3 aromatic carbocycles. The number of carboxylic acids is 1. The maximum atomic E-state index is 15.0. The van der Waals surface area contributed by atoms with Crippen molar-refractivity contribution in [2.24, 2.45) is 0 Å². The number of hydrogen-bond acceptors (Lipinski definition) is 4. The molecule has 198 valence electrons. The number of hydrogen-bond donors (Lipinski definition) is 1. The van der Waals surface area contributed by atoms with Gasteiger partial charge in [0, 0.05) is 24.1 Å². The van der Waals surface area contributed by atoms with Crippen LogP contribution in [0.5, 0.6) is 11.5 Å². The summed E-state index contributed by atoms with van der Waals surface area (Å²) in [6.07, 6.45) is -5.34. The third-order valence-corrected chi connectivity index (χ3v) is 5.35. The lowest BCUT2D eigenvalue weighted by molar-refractivity contribution is -0.274. The Morgan fingerprint density at radius 1 is 0.919 bits per heavy atom. The Kier molecular flexibility index (Phi) is 8.69. The molecule has 0 aliphatic rings. The van der Waals surface area contributed by atoms with E-state index in [1.165, 1.54) is 36.4 Å². The van der Waals surface area contributed by atoms with Gasteiger partial charge in [0.25, 0.3) is 5.92 Å². The fourth-order valence-electron chi connectivity index (χ4n) is 3.58. The standard InChI is InChI=1S/C26H23F6NO4/c1-33(16-24(34)35)14-13-23(17-5-9-20(27)10-6-17)36-21-11-7-18(8-12-21)25(28,29)19-3-2-4-22(15-19)37-26(30,31)32/h2-12,15,23H,13-14,16H2,1H3,(H,34,35). The number of carbonyl (C=O) groups is 1. The molecule has 1 N–H and O–H groups in total. The number of rotatable bonds is 11. The number of halogens is 6. The van der Waals surface area contributed by atoms with E-state index in [2.05, 4.69) is 4.74 Å². The molecule has 0 fully saturated rings. The second kappa shape index (κ2) is 11.5.